The van der Waals surface area contributed by atoms with Gasteiger partial charge in [0.05, 0.1) is 17.5 Å². The number of hydrogen-bond acceptors (Lipinski definition) is 4. The molecule has 3 rings (SSSR count). The van der Waals surface area contributed by atoms with E-state index in [4.69, 9.17) is 27.6 Å². The highest BCUT2D eigenvalue weighted by Gasteiger charge is 2.20. The summed E-state index contributed by atoms with van der Waals surface area (Å²) in [5.41, 5.74) is 0.590. The number of halogens is 2. The normalized spacial score (nSPS) is 11.7. The summed E-state index contributed by atoms with van der Waals surface area (Å²) in [6, 6.07) is 11.2. The van der Waals surface area contributed by atoms with Crippen molar-refractivity contribution in [2.24, 2.45) is 4.99 Å². The minimum atomic E-state index is -1.38. The number of carbonyl (C=O) groups is 2. The molecule has 1 aromatic heterocycles. The van der Waals surface area contributed by atoms with Crippen LogP contribution in [0.3, 0.4) is 0 Å². The fraction of sp³-hybridized carbons (Fsp3) is 0.0556. The van der Waals surface area contributed by atoms with Crippen molar-refractivity contribution >= 4 is 51.8 Å². The van der Waals surface area contributed by atoms with Crippen LogP contribution >= 0.6 is 23.2 Å². The Kier molecular flexibility index (Phi) is 4.97. The number of nitrogens with zero attached hydrogens (tertiary/aromatic N) is 1. The molecule has 0 aliphatic heterocycles. The lowest BCUT2D eigenvalue weighted by molar-refractivity contribution is -0.136. The molecule has 2 N–H and O–H groups in total. The van der Waals surface area contributed by atoms with Gasteiger partial charge in [-0.3, -0.25) is 4.79 Å². The lowest BCUT2D eigenvalue weighted by atomic mass is 10.1. The predicted molar refractivity (Wildman–Crippen MR) is 96.2 cm³/mol. The second kappa shape index (κ2) is 7.19. The van der Waals surface area contributed by atoms with Gasteiger partial charge < -0.3 is 14.6 Å². The van der Waals surface area contributed by atoms with Crippen LogP contribution in [0, 0.1) is 0 Å². The number of fused-ring (bicyclic) bond motifs is 1. The quantitative estimate of drug-likeness (QED) is 0.690. The van der Waals surface area contributed by atoms with E-state index >= 15 is 0 Å². The molecule has 0 atom stereocenters. The Balaban J connectivity index is 2.45. The predicted octanol–water partition coefficient (Wildman–Crippen LogP) is 4.30. The standard InChI is InChI=1S/C18H11Cl2NO5/c19-9-5-10(20)7-11(6-9)21-16-12-3-1-2-4-14(12)26-17(18(24)25)13(16)8-15(22)23/h1-7H,8H2,(H,22,23)(H,24,25). The molecule has 0 unspecified atom stereocenters. The van der Waals surface area contributed by atoms with Gasteiger partial charge in [-0.15, -0.1) is 0 Å². The number of carboxylic acid groups (broad SMARTS) is 2. The third-order valence-corrected chi connectivity index (χ3v) is 3.96. The van der Waals surface area contributed by atoms with Gasteiger partial charge in [-0.1, -0.05) is 35.3 Å². The van der Waals surface area contributed by atoms with Crippen LogP contribution in [0.15, 0.2) is 51.9 Å². The summed E-state index contributed by atoms with van der Waals surface area (Å²) in [6.45, 7) is 0. The van der Waals surface area contributed by atoms with E-state index in [-0.39, 0.29) is 16.5 Å². The molecule has 0 amide bonds. The summed E-state index contributed by atoms with van der Waals surface area (Å²) >= 11 is 12.0. The lowest BCUT2D eigenvalue weighted by Crippen LogP contribution is -2.20. The molecule has 2 aromatic carbocycles. The fourth-order valence-corrected chi connectivity index (χ4v) is 3.06. The van der Waals surface area contributed by atoms with Gasteiger partial charge in [0.15, 0.2) is 0 Å². The van der Waals surface area contributed by atoms with Crippen molar-refractivity contribution in [2.45, 2.75) is 6.42 Å². The molecular weight excluding hydrogens is 381 g/mol. The number of benzene rings is 2. The van der Waals surface area contributed by atoms with Crippen molar-refractivity contribution in [3.8, 4) is 0 Å². The highest BCUT2D eigenvalue weighted by atomic mass is 35.5. The number of carboxylic acids is 2. The first-order valence-corrected chi connectivity index (χ1v) is 8.11. The van der Waals surface area contributed by atoms with Gasteiger partial charge in [0.2, 0.25) is 5.76 Å². The second-order valence-corrected chi connectivity index (χ2v) is 6.24. The first-order chi connectivity index (χ1) is 12.3. The van der Waals surface area contributed by atoms with E-state index < -0.39 is 24.1 Å². The average molecular weight is 392 g/mol. The van der Waals surface area contributed by atoms with Crippen molar-refractivity contribution in [3.05, 3.63) is 69.2 Å². The molecule has 0 radical (unpaired) electrons. The highest BCUT2D eigenvalue weighted by molar-refractivity contribution is 6.35. The van der Waals surface area contributed by atoms with E-state index in [1.165, 1.54) is 18.2 Å². The summed E-state index contributed by atoms with van der Waals surface area (Å²) in [6.07, 6.45) is -0.566. The molecule has 0 aliphatic carbocycles. The van der Waals surface area contributed by atoms with Gasteiger partial charge in [0.25, 0.3) is 0 Å². The minimum absolute atomic E-state index is 0.0419. The summed E-state index contributed by atoms with van der Waals surface area (Å²) in [5.74, 6) is -3.07. The average Bonchev–Trinajstić information content (AvgIpc) is 2.55. The van der Waals surface area contributed by atoms with Gasteiger partial charge in [-0.2, -0.15) is 0 Å². The molecule has 0 saturated heterocycles. The summed E-state index contributed by atoms with van der Waals surface area (Å²) < 4.78 is 5.41. The maximum absolute atomic E-state index is 11.6. The Morgan fingerprint density at radius 3 is 2.31 bits per heavy atom. The molecule has 0 saturated carbocycles. The molecule has 8 heteroatoms. The van der Waals surface area contributed by atoms with Crippen LogP contribution in [-0.4, -0.2) is 22.2 Å². The fourth-order valence-electron chi connectivity index (χ4n) is 2.54. The van der Waals surface area contributed by atoms with E-state index in [1.54, 1.807) is 24.3 Å². The third kappa shape index (κ3) is 3.71. The molecule has 6 nitrogen and oxygen atoms in total. The topological polar surface area (TPSA) is 100 Å². The number of rotatable bonds is 4. The van der Waals surface area contributed by atoms with Crippen LogP contribution in [0.1, 0.15) is 16.1 Å². The first-order valence-electron chi connectivity index (χ1n) is 7.36. The Morgan fingerprint density at radius 1 is 1.04 bits per heavy atom. The largest absolute Gasteiger partial charge is 0.481 e. The van der Waals surface area contributed by atoms with Crippen molar-refractivity contribution in [3.63, 3.8) is 0 Å². The maximum atomic E-state index is 11.6. The highest BCUT2D eigenvalue weighted by Crippen LogP contribution is 2.25. The van der Waals surface area contributed by atoms with E-state index in [0.29, 0.717) is 21.1 Å². The van der Waals surface area contributed by atoms with E-state index in [0.717, 1.165) is 0 Å². The van der Waals surface area contributed by atoms with Crippen molar-refractivity contribution in [1.82, 2.24) is 0 Å². The molecule has 0 spiro atoms. The Labute approximate surface area is 156 Å². The zero-order valence-electron chi connectivity index (χ0n) is 13.1. The third-order valence-electron chi connectivity index (χ3n) is 3.52. The number of aromatic carboxylic acids is 1. The van der Waals surface area contributed by atoms with E-state index in [9.17, 15) is 19.8 Å². The van der Waals surface area contributed by atoms with Crippen LogP contribution < -0.4 is 5.36 Å². The smallest absolute Gasteiger partial charge is 0.372 e. The first kappa shape index (κ1) is 18.0. The van der Waals surface area contributed by atoms with E-state index in [1.807, 2.05) is 0 Å². The minimum Gasteiger partial charge on any atom is -0.481 e. The lowest BCUT2D eigenvalue weighted by Gasteiger charge is -2.08. The molecule has 3 aromatic rings. The number of para-hydroxylation sites is 1. The van der Waals surface area contributed by atoms with Crippen LogP contribution in [0.5, 0.6) is 0 Å². The van der Waals surface area contributed by atoms with E-state index in [2.05, 4.69) is 4.99 Å². The molecule has 0 aliphatic rings. The van der Waals surface area contributed by atoms with Crippen LogP contribution in [0.2, 0.25) is 10.0 Å². The van der Waals surface area contributed by atoms with Gasteiger partial charge >= 0.3 is 11.9 Å². The SMILES string of the molecule is O=C(O)Cc1c(C(=O)O)oc2ccccc2c1=Nc1cc(Cl)cc(Cl)c1. The van der Waals surface area contributed by atoms with Gasteiger partial charge in [0, 0.05) is 21.0 Å². The van der Waals surface area contributed by atoms with Crippen molar-refractivity contribution in [1.29, 1.82) is 0 Å². The van der Waals surface area contributed by atoms with Crippen molar-refractivity contribution < 1.29 is 24.2 Å². The zero-order chi connectivity index (χ0) is 18.8. The Morgan fingerprint density at radius 2 is 1.69 bits per heavy atom. The molecular formula is C18H11Cl2NO5. The van der Waals surface area contributed by atoms with Gasteiger partial charge in [-0.05, 0) is 30.3 Å². The van der Waals surface area contributed by atoms with Crippen LogP contribution in [-0.2, 0) is 11.2 Å². The van der Waals surface area contributed by atoms with Crippen molar-refractivity contribution in [2.75, 3.05) is 0 Å². The molecule has 1 heterocycles. The Bertz CT molecular complexity index is 1080. The number of hydrogen-bond donors (Lipinski definition) is 2. The number of aliphatic carboxylic acids is 1. The summed E-state index contributed by atoms with van der Waals surface area (Å²) in [7, 11) is 0. The van der Waals surface area contributed by atoms with Crippen LogP contribution in [0.4, 0.5) is 5.69 Å². The van der Waals surface area contributed by atoms with Gasteiger partial charge in [0.1, 0.15) is 5.58 Å². The molecule has 26 heavy (non-hydrogen) atoms. The molecule has 0 fully saturated rings. The molecule has 0 bridgehead atoms. The summed E-state index contributed by atoms with van der Waals surface area (Å²) in [5, 5.41) is 20.0. The monoisotopic (exact) mass is 391 g/mol. The molecule has 132 valence electrons. The van der Waals surface area contributed by atoms with Crippen LogP contribution in [0.25, 0.3) is 11.0 Å². The Hall–Kier alpha value is -2.83. The zero-order valence-corrected chi connectivity index (χ0v) is 14.6. The van der Waals surface area contributed by atoms with Gasteiger partial charge in [-0.25, -0.2) is 9.79 Å². The second-order valence-electron chi connectivity index (χ2n) is 5.37. The maximum Gasteiger partial charge on any atom is 0.372 e. The summed E-state index contributed by atoms with van der Waals surface area (Å²) in [4.78, 5) is 27.3.